The van der Waals surface area contributed by atoms with Gasteiger partial charge in [0.2, 0.25) is 0 Å². The summed E-state index contributed by atoms with van der Waals surface area (Å²) in [6, 6.07) is 12.6. The van der Waals surface area contributed by atoms with Gasteiger partial charge in [-0.3, -0.25) is 0 Å². The fourth-order valence-electron chi connectivity index (χ4n) is 1.69. The van der Waals surface area contributed by atoms with Crippen LogP contribution in [-0.4, -0.2) is 5.88 Å². The Morgan fingerprint density at radius 1 is 1.25 bits per heavy atom. The Kier molecular flexibility index (Phi) is 4.45. The third-order valence-corrected chi connectivity index (χ3v) is 4.62. The lowest BCUT2D eigenvalue weighted by molar-refractivity contribution is 0.776. The summed E-state index contributed by atoms with van der Waals surface area (Å²) in [7, 11) is 0. The first-order valence-corrected chi connectivity index (χ1v) is 7.34. The maximum atomic E-state index is 6.05. The Morgan fingerprint density at radius 3 is 2.56 bits per heavy atom. The predicted octanol–water partition coefficient (Wildman–Crippen LogP) is 5.08. The van der Waals surface area contributed by atoms with Crippen LogP contribution in [-0.2, 0) is 6.42 Å². The summed E-state index contributed by atoms with van der Waals surface area (Å²) in [5.41, 5.74) is 1.32. The molecule has 1 unspecified atom stereocenters. The molecule has 0 saturated carbocycles. The number of alkyl halides is 1. The van der Waals surface area contributed by atoms with Gasteiger partial charge in [0.05, 0.1) is 0 Å². The van der Waals surface area contributed by atoms with Crippen LogP contribution in [0.1, 0.15) is 16.4 Å². The number of hydrogen-bond acceptors (Lipinski definition) is 1. The highest BCUT2D eigenvalue weighted by Gasteiger charge is 2.11. The number of thiophene rings is 1. The third-order valence-electron chi connectivity index (χ3n) is 2.53. The number of benzene rings is 1. The van der Waals surface area contributed by atoms with E-state index in [9.17, 15) is 0 Å². The first-order valence-electron chi connectivity index (χ1n) is 5.13. The molecule has 1 atom stereocenters. The molecule has 84 valence electrons. The molecule has 16 heavy (non-hydrogen) atoms. The SMILES string of the molecule is ClCC(Cc1cc(Br)cs1)c1ccccc1. The largest absolute Gasteiger partial charge is 0.148 e. The van der Waals surface area contributed by atoms with Gasteiger partial charge in [-0.25, -0.2) is 0 Å². The average Bonchev–Trinajstić information content (AvgIpc) is 2.73. The summed E-state index contributed by atoms with van der Waals surface area (Å²) >= 11 is 11.3. The highest BCUT2D eigenvalue weighted by Crippen LogP contribution is 2.27. The fraction of sp³-hybridized carbons (Fsp3) is 0.231. The maximum Gasteiger partial charge on any atom is 0.0295 e. The van der Waals surface area contributed by atoms with E-state index < -0.39 is 0 Å². The van der Waals surface area contributed by atoms with Crippen LogP contribution in [0.4, 0.5) is 0 Å². The molecule has 0 spiro atoms. The standard InChI is InChI=1S/C13H12BrClS/c14-12-7-13(16-9-12)6-11(8-15)10-4-2-1-3-5-10/h1-5,7,9,11H,6,8H2. The van der Waals surface area contributed by atoms with Gasteiger partial charge in [-0.15, -0.1) is 22.9 Å². The first kappa shape index (κ1) is 12.2. The predicted molar refractivity (Wildman–Crippen MR) is 75.6 cm³/mol. The topological polar surface area (TPSA) is 0 Å². The lowest BCUT2D eigenvalue weighted by Gasteiger charge is -2.12. The van der Waals surface area contributed by atoms with Gasteiger partial charge in [0.1, 0.15) is 0 Å². The molecule has 0 fully saturated rings. The normalized spacial score (nSPS) is 12.6. The van der Waals surface area contributed by atoms with E-state index in [0.29, 0.717) is 11.8 Å². The Balaban J connectivity index is 2.12. The number of hydrogen-bond donors (Lipinski definition) is 0. The van der Waals surface area contributed by atoms with Crippen LogP contribution in [0.15, 0.2) is 46.3 Å². The minimum Gasteiger partial charge on any atom is -0.148 e. The molecule has 0 aliphatic heterocycles. The molecule has 1 aromatic heterocycles. The van der Waals surface area contributed by atoms with E-state index in [1.165, 1.54) is 10.4 Å². The van der Waals surface area contributed by atoms with Crippen LogP contribution in [0.2, 0.25) is 0 Å². The second kappa shape index (κ2) is 5.85. The summed E-state index contributed by atoms with van der Waals surface area (Å²) in [6.45, 7) is 0. The monoisotopic (exact) mass is 314 g/mol. The quantitative estimate of drug-likeness (QED) is 0.691. The van der Waals surface area contributed by atoms with Crippen molar-refractivity contribution in [3.63, 3.8) is 0 Å². The van der Waals surface area contributed by atoms with Crippen molar-refractivity contribution in [3.05, 3.63) is 56.7 Å². The van der Waals surface area contributed by atoms with Gasteiger partial charge in [0.15, 0.2) is 0 Å². The van der Waals surface area contributed by atoms with Crippen LogP contribution in [0.5, 0.6) is 0 Å². The van der Waals surface area contributed by atoms with E-state index in [2.05, 4.69) is 51.6 Å². The van der Waals surface area contributed by atoms with E-state index in [4.69, 9.17) is 11.6 Å². The fourth-order valence-corrected chi connectivity index (χ4v) is 3.51. The molecule has 0 nitrogen and oxygen atoms in total. The van der Waals surface area contributed by atoms with Gasteiger partial charge in [-0.2, -0.15) is 0 Å². The van der Waals surface area contributed by atoms with Gasteiger partial charge in [-0.1, -0.05) is 30.3 Å². The molecule has 1 aromatic carbocycles. The van der Waals surface area contributed by atoms with E-state index in [1.54, 1.807) is 11.3 Å². The molecule has 2 rings (SSSR count). The van der Waals surface area contributed by atoms with Crippen molar-refractivity contribution in [3.8, 4) is 0 Å². The summed E-state index contributed by atoms with van der Waals surface area (Å²) in [5.74, 6) is 1.08. The van der Waals surface area contributed by atoms with Crippen LogP contribution in [0, 0.1) is 0 Å². The Labute approximate surface area is 113 Å². The lowest BCUT2D eigenvalue weighted by atomic mass is 9.97. The molecular weight excluding hydrogens is 304 g/mol. The number of rotatable bonds is 4. The molecule has 1 heterocycles. The summed E-state index contributed by atoms with van der Waals surface area (Å²) in [4.78, 5) is 1.38. The van der Waals surface area contributed by atoms with Crippen LogP contribution >= 0.6 is 38.9 Å². The number of halogens is 2. The van der Waals surface area contributed by atoms with Gasteiger partial charge in [-0.05, 0) is 34.0 Å². The Morgan fingerprint density at radius 2 is 2.00 bits per heavy atom. The van der Waals surface area contributed by atoms with E-state index in [-0.39, 0.29) is 0 Å². The summed E-state index contributed by atoms with van der Waals surface area (Å²) in [5, 5.41) is 2.12. The Bertz CT molecular complexity index is 438. The zero-order valence-corrected chi connectivity index (χ0v) is 11.9. The van der Waals surface area contributed by atoms with Crippen molar-refractivity contribution >= 4 is 38.9 Å². The minimum atomic E-state index is 0.411. The second-order valence-electron chi connectivity index (χ2n) is 3.70. The van der Waals surface area contributed by atoms with Gasteiger partial charge < -0.3 is 0 Å². The molecule has 0 amide bonds. The zero-order chi connectivity index (χ0) is 11.4. The van der Waals surface area contributed by atoms with E-state index in [0.717, 1.165) is 10.9 Å². The van der Waals surface area contributed by atoms with Crippen LogP contribution in [0.3, 0.4) is 0 Å². The van der Waals surface area contributed by atoms with Crippen LogP contribution < -0.4 is 0 Å². The molecule has 0 aliphatic carbocycles. The molecular formula is C13H12BrClS. The van der Waals surface area contributed by atoms with Crippen molar-refractivity contribution < 1.29 is 0 Å². The molecule has 0 N–H and O–H groups in total. The highest BCUT2D eigenvalue weighted by molar-refractivity contribution is 9.10. The molecule has 2 aromatic rings. The molecule has 0 saturated heterocycles. The maximum absolute atomic E-state index is 6.05. The highest BCUT2D eigenvalue weighted by atomic mass is 79.9. The summed E-state index contributed by atoms with van der Waals surface area (Å²) in [6.07, 6.45) is 1.02. The van der Waals surface area contributed by atoms with Gasteiger partial charge >= 0.3 is 0 Å². The van der Waals surface area contributed by atoms with Gasteiger partial charge in [0, 0.05) is 26.5 Å². The minimum absolute atomic E-state index is 0.411. The molecule has 0 bridgehead atoms. The van der Waals surface area contributed by atoms with Crippen molar-refractivity contribution in [2.24, 2.45) is 0 Å². The van der Waals surface area contributed by atoms with Crippen molar-refractivity contribution in [1.29, 1.82) is 0 Å². The molecule has 0 aliphatic rings. The van der Waals surface area contributed by atoms with E-state index in [1.807, 2.05) is 6.07 Å². The third kappa shape index (κ3) is 3.09. The first-order chi connectivity index (χ1) is 7.79. The Hall–Kier alpha value is -0.310. The molecule has 3 heteroatoms. The van der Waals surface area contributed by atoms with Crippen molar-refractivity contribution in [1.82, 2.24) is 0 Å². The summed E-state index contributed by atoms with van der Waals surface area (Å²) < 4.78 is 1.16. The van der Waals surface area contributed by atoms with E-state index >= 15 is 0 Å². The van der Waals surface area contributed by atoms with Crippen molar-refractivity contribution in [2.45, 2.75) is 12.3 Å². The zero-order valence-electron chi connectivity index (χ0n) is 8.70. The second-order valence-corrected chi connectivity index (χ2v) is 5.92. The molecule has 0 radical (unpaired) electrons. The smallest absolute Gasteiger partial charge is 0.0295 e. The lowest BCUT2D eigenvalue weighted by Crippen LogP contribution is -2.03. The van der Waals surface area contributed by atoms with Gasteiger partial charge in [0.25, 0.3) is 0 Å². The van der Waals surface area contributed by atoms with Crippen LogP contribution in [0.25, 0.3) is 0 Å². The average molecular weight is 316 g/mol. The van der Waals surface area contributed by atoms with Crippen molar-refractivity contribution in [2.75, 3.05) is 5.88 Å².